The number of thioether (sulfide) groups is 1. The van der Waals surface area contributed by atoms with Crippen LogP contribution in [0, 0.1) is 5.92 Å². The van der Waals surface area contributed by atoms with Crippen LogP contribution in [0.15, 0.2) is 11.5 Å². The van der Waals surface area contributed by atoms with E-state index in [0.29, 0.717) is 0 Å². The molecule has 0 nitrogen and oxygen atoms in total. The zero-order chi connectivity index (χ0) is 5.82. The summed E-state index contributed by atoms with van der Waals surface area (Å²) >= 11 is 1.95. The Hall–Kier alpha value is 0.0900. The normalized spacial score (nSPS) is 28.4. The second-order valence-electron chi connectivity index (χ2n) is 2.22. The van der Waals surface area contributed by atoms with Crippen LogP contribution >= 0.6 is 11.8 Å². The SMILES string of the molecule is CCC1CC=CSC1. The van der Waals surface area contributed by atoms with Gasteiger partial charge in [0, 0.05) is 5.75 Å². The van der Waals surface area contributed by atoms with E-state index in [-0.39, 0.29) is 0 Å². The van der Waals surface area contributed by atoms with Crippen molar-refractivity contribution in [3.8, 4) is 0 Å². The Morgan fingerprint density at radius 1 is 1.75 bits per heavy atom. The molecule has 1 heteroatoms. The number of hydrogen-bond donors (Lipinski definition) is 0. The Balaban J connectivity index is 2.27. The van der Waals surface area contributed by atoms with Gasteiger partial charge < -0.3 is 0 Å². The quantitative estimate of drug-likeness (QED) is 0.523. The average molecular weight is 128 g/mol. The summed E-state index contributed by atoms with van der Waals surface area (Å²) in [5, 5.41) is 2.21. The van der Waals surface area contributed by atoms with Crippen LogP contribution in [0.5, 0.6) is 0 Å². The van der Waals surface area contributed by atoms with Gasteiger partial charge in [-0.1, -0.05) is 19.4 Å². The molecule has 0 fully saturated rings. The van der Waals surface area contributed by atoms with Crippen molar-refractivity contribution in [2.75, 3.05) is 5.75 Å². The molecule has 8 heavy (non-hydrogen) atoms. The van der Waals surface area contributed by atoms with Gasteiger partial charge in [-0.3, -0.25) is 0 Å². The minimum absolute atomic E-state index is 0.963. The Morgan fingerprint density at radius 3 is 3.00 bits per heavy atom. The molecule has 1 aliphatic rings. The van der Waals surface area contributed by atoms with Gasteiger partial charge in [0.25, 0.3) is 0 Å². The minimum atomic E-state index is 0.963. The van der Waals surface area contributed by atoms with Crippen LogP contribution in [0.25, 0.3) is 0 Å². The molecule has 0 aromatic rings. The van der Waals surface area contributed by atoms with E-state index in [1.165, 1.54) is 18.6 Å². The Labute approximate surface area is 55.4 Å². The van der Waals surface area contributed by atoms with E-state index in [0.717, 1.165) is 5.92 Å². The van der Waals surface area contributed by atoms with E-state index in [1.54, 1.807) is 0 Å². The molecule has 46 valence electrons. The van der Waals surface area contributed by atoms with Gasteiger partial charge in [0.2, 0.25) is 0 Å². The summed E-state index contributed by atoms with van der Waals surface area (Å²) in [4.78, 5) is 0. The van der Waals surface area contributed by atoms with Gasteiger partial charge in [-0.05, 0) is 17.7 Å². The molecule has 0 saturated carbocycles. The van der Waals surface area contributed by atoms with Crippen LogP contribution in [0.3, 0.4) is 0 Å². The van der Waals surface area contributed by atoms with Crippen LogP contribution < -0.4 is 0 Å². The second-order valence-corrected chi connectivity index (χ2v) is 3.15. The maximum Gasteiger partial charge on any atom is 0.000517 e. The Kier molecular flexibility index (Phi) is 2.47. The van der Waals surface area contributed by atoms with Gasteiger partial charge in [-0.25, -0.2) is 0 Å². The lowest BCUT2D eigenvalue weighted by Gasteiger charge is -2.13. The maximum absolute atomic E-state index is 2.28. The first kappa shape index (κ1) is 6.21. The summed E-state index contributed by atoms with van der Waals surface area (Å²) in [5.74, 6) is 2.30. The molecule has 1 aliphatic heterocycles. The van der Waals surface area contributed by atoms with Crippen molar-refractivity contribution in [3.63, 3.8) is 0 Å². The number of hydrogen-bond acceptors (Lipinski definition) is 1. The Morgan fingerprint density at radius 2 is 2.62 bits per heavy atom. The summed E-state index contributed by atoms with van der Waals surface area (Å²) in [6.07, 6.45) is 4.93. The van der Waals surface area contributed by atoms with Crippen LogP contribution in [0.1, 0.15) is 19.8 Å². The highest BCUT2D eigenvalue weighted by molar-refractivity contribution is 8.02. The summed E-state index contributed by atoms with van der Waals surface area (Å²) < 4.78 is 0. The van der Waals surface area contributed by atoms with Crippen LogP contribution in [-0.2, 0) is 0 Å². The van der Waals surface area contributed by atoms with Gasteiger partial charge in [0.1, 0.15) is 0 Å². The largest absolute Gasteiger partial charge is 0.134 e. The highest BCUT2D eigenvalue weighted by atomic mass is 32.2. The van der Waals surface area contributed by atoms with Gasteiger partial charge in [0.15, 0.2) is 0 Å². The highest BCUT2D eigenvalue weighted by Crippen LogP contribution is 2.22. The fourth-order valence-electron chi connectivity index (χ4n) is 0.860. The van der Waals surface area contributed by atoms with Crippen molar-refractivity contribution in [2.24, 2.45) is 5.92 Å². The third kappa shape index (κ3) is 1.55. The van der Waals surface area contributed by atoms with Gasteiger partial charge in [-0.2, -0.15) is 0 Å². The van der Waals surface area contributed by atoms with E-state index >= 15 is 0 Å². The lowest BCUT2D eigenvalue weighted by Crippen LogP contribution is -2.02. The molecule has 1 rings (SSSR count). The van der Waals surface area contributed by atoms with E-state index in [9.17, 15) is 0 Å². The van der Waals surface area contributed by atoms with Crippen molar-refractivity contribution < 1.29 is 0 Å². The van der Waals surface area contributed by atoms with Gasteiger partial charge in [-0.15, -0.1) is 11.8 Å². The van der Waals surface area contributed by atoms with Gasteiger partial charge >= 0.3 is 0 Å². The molecule has 0 saturated heterocycles. The molecule has 1 unspecified atom stereocenters. The molecule has 0 radical (unpaired) electrons. The van der Waals surface area contributed by atoms with Crippen molar-refractivity contribution in [1.82, 2.24) is 0 Å². The monoisotopic (exact) mass is 128 g/mol. The molecular formula is C7H12S. The summed E-state index contributed by atoms with van der Waals surface area (Å²) in [7, 11) is 0. The molecule has 0 aromatic heterocycles. The van der Waals surface area contributed by atoms with Crippen LogP contribution in [0.2, 0.25) is 0 Å². The summed E-state index contributed by atoms with van der Waals surface area (Å²) in [6, 6.07) is 0. The van der Waals surface area contributed by atoms with Crippen LogP contribution in [-0.4, -0.2) is 5.75 Å². The van der Waals surface area contributed by atoms with Crippen molar-refractivity contribution >= 4 is 11.8 Å². The molecule has 0 bridgehead atoms. The first-order valence-electron chi connectivity index (χ1n) is 3.20. The van der Waals surface area contributed by atoms with Crippen molar-refractivity contribution in [3.05, 3.63) is 11.5 Å². The summed E-state index contributed by atoms with van der Waals surface area (Å²) in [5.41, 5.74) is 0. The fourth-order valence-corrected chi connectivity index (χ4v) is 1.86. The molecule has 1 heterocycles. The van der Waals surface area contributed by atoms with E-state index in [4.69, 9.17) is 0 Å². The van der Waals surface area contributed by atoms with Gasteiger partial charge in [0.05, 0.1) is 0 Å². The topological polar surface area (TPSA) is 0 Å². The van der Waals surface area contributed by atoms with Crippen LogP contribution in [0.4, 0.5) is 0 Å². The number of allylic oxidation sites excluding steroid dienone is 1. The molecule has 0 N–H and O–H groups in total. The predicted octanol–water partition coefficient (Wildman–Crippen LogP) is 2.66. The minimum Gasteiger partial charge on any atom is -0.134 e. The molecule has 0 aliphatic carbocycles. The smallest absolute Gasteiger partial charge is 0.000517 e. The second kappa shape index (κ2) is 3.18. The van der Waals surface area contributed by atoms with Crippen molar-refractivity contribution in [2.45, 2.75) is 19.8 Å². The van der Waals surface area contributed by atoms with E-state index < -0.39 is 0 Å². The molecule has 0 aromatic carbocycles. The molecule has 0 amide bonds. The van der Waals surface area contributed by atoms with E-state index in [1.807, 2.05) is 11.8 Å². The maximum atomic E-state index is 2.28. The molecule has 1 atom stereocenters. The zero-order valence-electron chi connectivity index (χ0n) is 5.26. The van der Waals surface area contributed by atoms with Crippen molar-refractivity contribution in [1.29, 1.82) is 0 Å². The molecular weight excluding hydrogens is 116 g/mol. The fraction of sp³-hybridized carbons (Fsp3) is 0.714. The number of rotatable bonds is 1. The third-order valence-corrected chi connectivity index (χ3v) is 2.62. The molecule has 0 spiro atoms. The standard InChI is InChI=1S/C7H12S/c1-2-7-4-3-5-8-6-7/h3,5,7H,2,4,6H2,1H3. The third-order valence-electron chi connectivity index (χ3n) is 1.57. The zero-order valence-corrected chi connectivity index (χ0v) is 6.08. The first-order chi connectivity index (χ1) is 3.93. The Bertz CT molecular complexity index is 86.4. The first-order valence-corrected chi connectivity index (χ1v) is 4.25. The average Bonchev–Trinajstić information content (AvgIpc) is 1.90. The van der Waals surface area contributed by atoms with E-state index in [2.05, 4.69) is 18.4 Å². The predicted molar refractivity (Wildman–Crippen MR) is 40.0 cm³/mol. The summed E-state index contributed by atoms with van der Waals surface area (Å²) in [6.45, 7) is 2.27. The highest BCUT2D eigenvalue weighted by Gasteiger charge is 2.05. The lowest BCUT2D eigenvalue weighted by atomic mass is 10.1. The lowest BCUT2D eigenvalue weighted by molar-refractivity contribution is 0.579.